The molecule has 1 saturated heterocycles. The summed E-state index contributed by atoms with van der Waals surface area (Å²) in [6.07, 6.45) is 7.75. The van der Waals surface area contributed by atoms with E-state index in [9.17, 15) is 0 Å². The number of likely N-dealkylation sites (N-methyl/N-ethyl adjacent to an activating group) is 1. The van der Waals surface area contributed by atoms with E-state index in [1.807, 2.05) is 0 Å². The zero-order chi connectivity index (χ0) is 11.9. The first-order chi connectivity index (χ1) is 8.34. The predicted octanol–water partition coefficient (Wildman–Crippen LogP) is 1.32. The third kappa shape index (κ3) is 4.78. The lowest BCUT2D eigenvalue weighted by molar-refractivity contribution is 0.155. The van der Waals surface area contributed by atoms with Crippen LogP contribution in [0.2, 0.25) is 0 Å². The Morgan fingerprint density at radius 3 is 2.71 bits per heavy atom. The van der Waals surface area contributed by atoms with Crippen molar-refractivity contribution in [2.45, 2.75) is 25.7 Å². The van der Waals surface area contributed by atoms with Crippen LogP contribution in [0.3, 0.4) is 0 Å². The third-order valence-corrected chi connectivity index (χ3v) is 3.96. The van der Waals surface area contributed by atoms with Crippen molar-refractivity contribution in [3.05, 3.63) is 11.6 Å². The van der Waals surface area contributed by atoms with E-state index in [1.165, 1.54) is 65.0 Å². The highest BCUT2D eigenvalue weighted by atomic mass is 15.2. The van der Waals surface area contributed by atoms with Crippen LogP contribution >= 0.6 is 0 Å². The van der Waals surface area contributed by atoms with Gasteiger partial charge >= 0.3 is 0 Å². The minimum atomic E-state index is 1.15. The van der Waals surface area contributed by atoms with Crippen molar-refractivity contribution >= 4 is 0 Å². The molecule has 1 heterocycles. The molecule has 1 aliphatic heterocycles. The van der Waals surface area contributed by atoms with Gasteiger partial charge in [-0.1, -0.05) is 11.6 Å². The Hall–Kier alpha value is -0.380. The van der Waals surface area contributed by atoms with Gasteiger partial charge in [-0.2, -0.15) is 0 Å². The van der Waals surface area contributed by atoms with Crippen molar-refractivity contribution < 1.29 is 0 Å². The van der Waals surface area contributed by atoms with Crippen molar-refractivity contribution in [1.29, 1.82) is 0 Å². The molecule has 0 aromatic carbocycles. The quantitative estimate of drug-likeness (QED) is 0.555. The van der Waals surface area contributed by atoms with E-state index in [0.717, 1.165) is 6.54 Å². The number of rotatable bonds is 6. The van der Waals surface area contributed by atoms with E-state index in [0.29, 0.717) is 0 Å². The summed E-state index contributed by atoms with van der Waals surface area (Å²) in [6, 6.07) is 0. The second-order valence-corrected chi connectivity index (χ2v) is 5.40. The molecule has 0 unspecified atom stereocenters. The standard InChI is InChI=1S/C14H27N3/c1-16-10-12-17(13-11-16)9-8-15-7-6-14-4-2-3-5-14/h4,15H,2-3,5-13H2,1H3. The number of hydrogen-bond acceptors (Lipinski definition) is 3. The lowest BCUT2D eigenvalue weighted by Crippen LogP contribution is -2.46. The molecular weight excluding hydrogens is 210 g/mol. The summed E-state index contributed by atoms with van der Waals surface area (Å²) in [5.41, 5.74) is 1.68. The molecule has 17 heavy (non-hydrogen) atoms. The Kier molecular flexibility index (Phi) is 5.49. The fourth-order valence-electron chi connectivity index (χ4n) is 2.65. The fourth-order valence-corrected chi connectivity index (χ4v) is 2.65. The van der Waals surface area contributed by atoms with Crippen molar-refractivity contribution in [2.75, 3.05) is 52.9 Å². The van der Waals surface area contributed by atoms with E-state index in [4.69, 9.17) is 0 Å². The zero-order valence-electron chi connectivity index (χ0n) is 11.2. The Morgan fingerprint density at radius 2 is 2.00 bits per heavy atom. The second-order valence-electron chi connectivity index (χ2n) is 5.40. The minimum Gasteiger partial charge on any atom is -0.315 e. The topological polar surface area (TPSA) is 18.5 Å². The molecule has 3 nitrogen and oxygen atoms in total. The van der Waals surface area contributed by atoms with Crippen LogP contribution < -0.4 is 5.32 Å². The Balaban J connectivity index is 1.46. The van der Waals surface area contributed by atoms with Gasteiger partial charge in [0.1, 0.15) is 0 Å². The molecule has 98 valence electrons. The molecule has 0 radical (unpaired) electrons. The molecule has 0 saturated carbocycles. The molecule has 1 N–H and O–H groups in total. The first-order valence-electron chi connectivity index (χ1n) is 7.14. The summed E-state index contributed by atoms with van der Waals surface area (Å²) in [7, 11) is 2.21. The Bertz CT molecular complexity index is 242. The Morgan fingerprint density at radius 1 is 1.18 bits per heavy atom. The van der Waals surface area contributed by atoms with Crippen molar-refractivity contribution in [1.82, 2.24) is 15.1 Å². The Labute approximate surface area is 106 Å². The van der Waals surface area contributed by atoms with E-state index in [1.54, 1.807) is 5.57 Å². The molecule has 0 atom stereocenters. The maximum Gasteiger partial charge on any atom is 0.0110 e. The average molecular weight is 237 g/mol. The number of piperazine rings is 1. The van der Waals surface area contributed by atoms with Crippen molar-refractivity contribution in [3.63, 3.8) is 0 Å². The summed E-state index contributed by atoms with van der Waals surface area (Å²) in [5, 5.41) is 3.57. The number of nitrogens with one attached hydrogen (secondary N) is 1. The first kappa shape index (κ1) is 13.1. The summed E-state index contributed by atoms with van der Waals surface area (Å²) < 4.78 is 0. The van der Waals surface area contributed by atoms with Crippen molar-refractivity contribution in [2.24, 2.45) is 0 Å². The summed E-state index contributed by atoms with van der Waals surface area (Å²) in [5.74, 6) is 0. The van der Waals surface area contributed by atoms with E-state index >= 15 is 0 Å². The van der Waals surface area contributed by atoms with Crippen LogP contribution in [0, 0.1) is 0 Å². The van der Waals surface area contributed by atoms with Gasteiger partial charge in [0.05, 0.1) is 0 Å². The van der Waals surface area contributed by atoms with Crippen LogP contribution in [0.15, 0.2) is 11.6 Å². The smallest absolute Gasteiger partial charge is 0.0110 e. The predicted molar refractivity (Wildman–Crippen MR) is 73.4 cm³/mol. The van der Waals surface area contributed by atoms with Crippen LogP contribution in [0.25, 0.3) is 0 Å². The molecular formula is C14H27N3. The number of hydrogen-bond donors (Lipinski definition) is 1. The van der Waals surface area contributed by atoms with Gasteiger partial charge in [-0.25, -0.2) is 0 Å². The van der Waals surface area contributed by atoms with E-state index in [2.05, 4.69) is 28.2 Å². The maximum atomic E-state index is 3.57. The lowest BCUT2D eigenvalue weighted by Gasteiger charge is -2.32. The van der Waals surface area contributed by atoms with Gasteiger partial charge in [-0.15, -0.1) is 0 Å². The minimum absolute atomic E-state index is 1.15. The largest absolute Gasteiger partial charge is 0.315 e. The summed E-state index contributed by atoms with van der Waals surface area (Å²) in [4.78, 5) is 4.98. The van der Waals surface area contributed by atoms with Crippen molar-refractivity contribution in [3.8, 4) is 0 Å². The molecule has 2 aliphatic rings. The van der Waals surface area contributed by atoms with Crippen LogP contribution in [0.5, 0.6) is 0 Å². The van der Waals surface area contributed by atoms with Gasteiger partial charge in [-0.05, 0) is 39.3 Å². The fraction of sp³-hybridized carbons (Fsp3) is 0.857. The maximum absolute atomic E-state index is 3.57. The molecule has 1 aliphatic carbocycles. The van der Waals surface area contributed by atoms with Crippen LogP contribution in [0.1, 0.15) is 25.7 Å². The normalized spacial score (nSPS) is 23.0. The van der Waals surface area contributed by atoms with Gasteiger partial charge in [0.15, 0.2) is 0 Å². The van der Waals surface area contributed by atoms with Crippen LogP contribution in [-0.4, -0.2) is 62.7 Å². The molecule has 0 aromatic heterocycles. The molecule has 0 amide bonds. The molecule has 0 aromatic rings. The van der Waals surface area contributed by atoms with Gasteiger partial charge in [0.2, 0.25) is 0 Å². The highest BCUT2D eigenvalue weighted by Crippen LogP contribution is 2.19. The molecule has 2 rings (SSSR count). The van der Waals surface area contributed by atoms with Gasteiger partial charge in [0.25, 0.3) is 0 Å². The average Bonchev–Trinajstić information content (AvgIpc) is 2.84. The third-order valence-electron chi connectivity index (χ3n) is 3.96. The SMILES string of the molecule is CN1CCN(CCNCCC2=CCCC2)CC1. The highest BCUT2D eigenvalue weighted by Gasteiger charge is 2.12. The monoisotopic (exact) mass is 237 g/mol. The zero-order valence-corrected chi connectivity index (χ0v) is 11.2. The number of nitrogens with zero attached hydrogens (tertiary/aromatic N) is 2. The molecule has 1 fully saturated rings. The first-order valence-corrected chi connectivity index (χ1v) is 7.14. The summed E-state index contributed by atoms with van der Waals surface area (Å²) >= 11 is 0. The van der Waals surface area contributed by atoms with Crippen LogP contribution in [-0.2, 0) is 0 Å². The molecule has 0 spiro atoms. The van der Waals surface area contributed by atoms with Gasteiger partial charge < -0.3 is 10.2 Å². The molecule has 3 heteroatoms. The summed E-state index contributed by atoms with van der Waals surface area (Å²) in [6.45, 7) is 8.47. The lowest BCUT2D eigenvalue weighted by atomic mass is 10.2. The number of allylic oxidation sites excluding steroid dienone is 1. The van der Waals surface area contributed by atoms with Gasteiger partial charge in [0, 0.05) is 39.3 Å². The van der Waals surface area contributed by atoms with Gasteiger partial charge in [-0.3, -0.25) is 4.90 Å². The second kappa shape index (κ2) is 7.14. The van der Waals surface area contributed by atoms with E-state index < -0.39 is 0 Å². The molecule has 0 bridgehead atoms. The highest BCUT2D eigenvalue weighted by molar-refractivity contribution is 5.07. The van der Waals surface area contributed by atoms with E-state index in [-0.39, 0.29) is 0 Å². The van der Waals surface area contributed by atoms with Crippen LogP contribution in [0.4, 0.5) is 0 Å².